The Morgan fingerprint density at radius 2 is 2.11 bits per heavy atom. The minimum Gasteiger partial charge on any atom is -0.505 e. The van der Waals surface area contributed by atoms with Gasteiger partial charge in [0.05, 0.1) is 18.8 Å². The number of hydrogen-bond donors (Lipinski definition) is 2. The maximum atomic E-state index is 13.4. The highest BCUT2D eigenvalue weighted by Gasteiger charge is 2.23. The summed E-state index contributed by atoms with van der Waals surface area (Å²) < 4.78 is 25.2. The third-order valence-corrected chi connectivity index (χ3v) is 5.21. The van der Waals surface area contributed by atoms with Gasteiger partial charge in [0.1, 0.15) is 0 Å². The number of nitrogens with zero attached hydrogens (tertiary/aromatic N) is 2. The van der Waals surface area contributed by atoms with Crippen molar-refractivity contribution in [3.05, 3.63) is 29.6 Å². The van der Waals surface area contributed by atoms with Gasteiger partial charge in [0.25, 0.3) is 0 Å². The number of piperidine rings is 1. The maximum Gasteiger partial charge on any atom is 0.193 e. The Balaban J connectivity index is 0.00000280. The Morgan fingerprint density at radius 3 is 2.75 bits per heavy atom. The van der Waals surface area contributed by atoms with Gasteiger partial charge in [-0.2, -0.15) is 0 Å². The van der Waals surface area contributed by atoms with Gasteiger partial charge < -0.3 is 24.8 Å². The molecule has 1 unspecified atom stereocenters. The van der Waals surface area contributed by atoms with Crippen LogP contribution in [0.4, 0.5) is 4.39 Å². The summed E-state index contributed by atoms with van der Waals surface area (Å²) in [5, 5.41) is 12.5. The molecule has 0 spiro atoms. The van der Waals surface area contributed by atoms with Gasteiger partial charge in [0.15, 0.2) is 17.5 Å². The van der Waals surface area contributed by atoms with Gasteiger partial charge >= 0.3 is 0 Å². The summed E-state index contributed by atoms with van der Waals surface area (Å²) in [5.74, 6) is -0.134. The zero-order valence-electron chi connectivity index (χ0n) is 16.4. The molecule has 2 aliphatic heterocycles. The van der Waals surface area contributed by atoms with Crippen molar-refractivity contribution in [3.63, 3.8) is 0 Å². The molecule has 2 fully saturated rings. The van der Waals surface area contributed by atoms with Crippen LogP contribution in [0.15, 0.2) is 23.2 Å². The number of ether oxygens (including phenoxy) is 2. The number of halogens is 2. The number of likely N-dealkylation sites (tertiary alicyclic amines) is 1. The molecule has 3 rings (SSSR count). The molecule has 0 saturated carbocycles. The Bertz CT molecular complexity index is 633. The largest absolute Gasteiger partial charge is 0.505 e. The van der Waals surface area contributed by atoms with Crippen molar-refractivity contribution in [1.82, 2.24) is 10.2 Å². The second kappa shape index (κ2) is 11.8. The zero-order valence-corrected chi connectivity index (χ0v) is 18.7. The van der Waals surface area contributed by atoms with Gasteiger partial charge in [-0.1, -0.05) is 6.07 Å². The van der Waals surface area contributed by atoms with E-state index in [4.69, 9.17) is 9.47 Å². The number of phenols is 1. The van der Waals surface area contributed by atoms with Crippen LogP contribution in [0.5, 0.6) is 5.75 Å². The van der Waals surface area contributed by atoms with Crippen LogP contribution in [0.2, 0.25) is 0 Å². The molecule has 2 N–H and O–H groups in total. The van der Waals surface area contributed by atoms with Gasteiger partial charge in [-0.15, -0.1) is 24.0 Å². The molecular formula is C20H31FIN3O3. The van der Waals surface area contributed by atoms with E-state index in [-0.39, 0.29) is 41.9 Å². The average Bonchev–Trinajstić information content (AvgIpc) is 2.71. The molecule has 6 nitrogen and oxygen atoms in total. The third kappa shape index (κ3) is 6.73. The molecule has 0 radical (unpaired) electrons. The second-order valence-electron chi connectivity index (χ2n) is 7.19. The van der Waals surface area contributed by atoms with Crippen LogP contribution in [0.1, 0.15) is 37.7 Å². The molecule has 2 saturated heterocycles. The Morgan fingerprint density at radius 1 is 1.32 bits per heavy atom. The summed E-state index contributed by atoms with van der Waals surface area (Å²) in [6.07, 6.45) is 5.96. The van der Waals surface area contributed by atoms with E-state index in [1.807, 2.05) is 0 Å². The maximum absolute atomic E-state index is 13.4. The van der Waals surface area contributed by atoms with Crippen LogP contribution in [-0.2, 0) is 16.0 Å². The molecule has 0 amide bonds. The molecule has 0 aromatic heterocycles. The molecule has 8 heteroatoms. The lowest BCUT2D eigenvalue weighted by atomic mass is 10.1. The molecular weight excluding hydrogens is 476 g/mol. The van der Waals surface area contributed by atoms with Gasteiger partial charge in [0, 0.05) is 33.3 Å². The van der Waals surface area contributed by atoms with Crippen molar-refractivity contribution in [3.8, 4) is 5.75 Å². The van der Waals surface area contributed by atoms with Crippen molar-refractivity contribution in [1.29, 1.82) is 0 Å². The minimum absolute atomic E-state index is 0. The van der Waals surface area contributed by atoms with Crippen LogP contribution in [0.3, 0.4) is 0 Å². The molecule has 1 aromatic carbocycles. The van der Waals surface area contributed by atoms with E-state index in [1.165, 1.54) is 18.6 Å². The fourth-order valence-corrected chi connectivity index (χ4v) is 3.59. The molecule has 28 heavy (non-hydrogen) atoms. The standard InChI is InChI=1S/C20H30FN3O3.HI/c1-22-20(23-13-15-5-6-19(25)18(21)12-15)24-9-7-16(8-10-24)27-14-17-4-2-3-11-26-17;/h5-6,12,16-17,25H,2-4,7-11,13-14H2,1H3,(H,22,23);1H. The van der Waals surface area contributed by atoms with E-state index < -0.39 is 5.82 Å². The first-order valence-corrected chi connectivity index (χ1v) is 9.82. The summed E-state index contributed by atoms with van der Waals surface area (Å²) >= 11 is 0. The fourth-order valence-electron chi connectivity index (χ4n) is 3.59. The highest BCUT2D eigenvalue weighted by Crippen LogP contribution is 2.19. The highest BCUT2D eigenvalue weighted by atomic mass is 127. The average molecular weight is 507 g/mol. The number of aliphatic imine (C=N–C) groups is 1. The van der Waals surface area contributed by atoms with Crippen LogP contribution in [-0.4, -0.2) is 61.5 Å². The van der Waals surface area contributed by atoms with Crippen LogP contribution in [0, 0.1) is 5.82 Å². The van der Waals surface area contributed by atoms with E-state index in [1.54, 1.807) is 13.1 Å². The van der Waals surface area contributed by atoms with Crippen LogP contribution < -0.4 is 5.32 Å². The van der Waals surface area contributed by atoms with Crippen LogP contribution >= 0.6 is 24.0 Å². The van der Waals surface area contributed by atoms with Crippen molar-refractivity contribution in [2.24, 2.45) is 4.99 Å². The first kappa shape index (κ1) is 23.2. The van der Waals surface area contributed by atoms with Gasteiger partial charge in [0.2, 0.25) is 0 Å². The third-order valence-electron chi connectivity index (χ3n) is 5.21. The lowest BCUT2D eigenvalue weighted by Gasteiger charge is -2.35. The molecule has 158 valence electrons. The number of guanidine groups is 1. The molecule has 2 heterocycles. The quantitative estimate of drug-likeness (QED) is 0.364. The fraction of sp³-hybridized carbons (Fsp3) is 0.650. The number of benzene rings is 1. The summed E-state index contributed by atoms with van der Waals surface area (Å²) in [6.45, 7) is 3.77. The Kier molecular flexibility index (Phi) is 9.73. The number of hydrogen-bond acceptors (Lipinski definition) is 4. The summed E-state index contributed by atoms with van der Waals surface area (Å²) in [6, 6.07) is 4.41. The summed E-state index contributed by atoms with van der Waals surface area (Å²) in [5.41, 5.74) is 0.761. The van der Waals surface area contributed by atoms with Gasteiger partial charge in [-0.05, 0) is 49.8 Å². The zero-order chi connectivity index (χ0) is 19.1. The first-order valence-electron chi connectivity index (χ1n) is 9.82. The monoisotopic (exact) mass is 507 g/mol. The highest BCUT2D eigenvalue weighted by molar-refractivity contribution is 14.0. The lowest BCUT2D eigenvalue weighted by molar-refractivity contribution is -0.0721. The Hall–Kier alpha value is -1.13. The van der Waals surface area contributed by atoms with E-state index in [9.17, 15) is 9.50 Å². The van der Waals surface area contributed by atoms with Crippen molar-refractivity contribution >= 4 is 29.9 Å². The molecule has 0 aliphatic carbocycles. The number of nitrogens with one attached hydrogen (secondary N) is 1. The van der Waals surface area contributed by atoms with Crippen molar-refractivity contribution in [2.45, 2.75) is 50.9 Å². The predicted octanol–water partition coefficient (Wildman–Crippen LogP) is 3.27. The van der Waals surface area contributed by atoms with Crippen LogP contribution in [0.25, 0.3) is 0 Å². The number of aromatic hydroxyl groups is 1. The van der Waals surface area contributed by atoms with E-state index in [0.717, 1.165) is 56.9 Å². The van der Waals surface area contributed by atoms with Gasteiger partial charge in [-0.25, -0.2) is 4.39 Å². The summed E-state index contributed by atoms with van der Waals surface area (Å²) in [7, 11) is 1.75. The van der Waals surface area contributed by atoms with Crippen molar-refractivity contribution < 1.29 is 19.0 Å². The van der Waals surface area contributed by atoms with E-state index in [0.29, 0.717) is 13.2 Å². The second-order valence-corrected chi connectivity index (χ2v) is 7.19. The predicted molar refractivity (Wildman–Crippen MR) is 118 cm³/mol. The van der Waals surface area contributed by atoms with E-state index in [2.05, 4.69) is 15.2 Å². The van der Waals surface area contributed by atoms with Gasteiger partial charge in [-0.3, -0.25) is 4.99 Å². The topological polar surface area (TPSA) is 66.3 Å². The number of rotatable bonds is 5. The first-order chi connectivity index (χ1) is 13.2. The number of phenolic OH excluding ortho intramolecular Hbond substituents is 1. The summed E-state index contributed by atoms with van der Waals surface area (Å²) in [4.78, 5) is 6.54. The molecule has 1 aromatic rings. The minimum atomic E-state index is -0.607. The molecule has 2 aliphatic rings. The molecule has 1 atom stereocenters. The lowest BCUT2D eigenvalue weighted by Crippen LogP contribution is -2.47. The van der Waals surface area contributed by atoms with Crippen molar-refractivity contribution in [2.75, 3.05) is 33.4 Å². The Labute approximate surface area is 183 Å². The van der Waals surface area contributed by atoms with E-state index >= 15 is 0 Å². The SMILES string of the molecule is CN=C(NCc1ccc(O)c(F)c1)N1CCC(OCC2CCCCO2)CC1.I. The normalized spacial score (nSPS) is 21.3. The smallest absolute Gasteiger partial charge is 0.193 e. The molecule has 0 bridgehead atoms.